The number of pyridine rings is 1. The van der Waals surface area contributed by atoms with Crippen LogP contribution in [-0.4, -0.2) is 34.2 Å². The van der Waals surface area contributed by atoms with E-state index in [2.05, 4.69) is 0 Å². The molecule has 0 aromatic carbocycles. The molecule has 0 bridgehead atoms. The summed E-state index contributed by atoms with van der Waals surface area (Å²) in [6.07, 6.45) is 1.76. The first-order valence-corrected chi connectivity index (χ1v) is 7.41. The van der Waals surface area contributed by atoms with Crippen molar-refractivity contribution in [1.82, 2.24) is 9.47 Å². The van der Waals surface area contributed by atoms with E-state index in [0.29, 0.717) is 18.8 Å². The molecule has 0 spiro atoms. The van der Waals surface area contributed by atoms with Gasteiger partial charge in [-0.25, -0.2) is 0 Å². The van der Waals surface area contributed by atoms with E-state index in [-0.39, 0.29) is 29.4 Å². The molecule has 0 unspecified atom stereocenters. The molecular weight excluding hydrogens is 268 g/mol. The molecule has 0 saturated heterocycles. The Hall–Kier alpha value is -1.91. The number of Topliss-reactive ketones (excluding diaryl/α,β-unsaturated/α-hetero) is 1. The second-order valence-corrected chi connectivity index (χ2v) is 5.22. The van der Waals surface area contributed by atoms with Crippen LogP contribution in [-0.2, 0) is 11.3 Å². The lowest BCUT2D eigenvalue weighted by Crippen LogP contribution is -2.39. The van der Waals surface area contributed by atoms with Crippen LogP contribution < -0.4 is 5.56 Å². The molecule has 0 radical (unpaired) electrons. The number of ketones is 1. The van der Waals surface area contributed by atoms with Gasteiger partial charge in [-0.05, 0) is 38.8 Å². The molecule has 1 amide bonds. The number of amides is 1. The topological polar surface area (TPSA) is 59.4 Å². The lowest BCUT2D eigenvalue weighted by molar-refractivity contribution is -0.132. The lowest BCUT2D eigenvalue weighted by atomic mass is 10.2. The molecule has 0 aliphatic carbocycles. The number of carbonyl (C=O) groups is 2. The summed E-state index contributed by atoms with van der Waals surface area (Å²) >= 11 is 0. The van der Waals surface area contributed by atoms with Gasteiger partial charge in [0.25, 0.3) is 5.56 Å². The summed E-state index contributed by atoms with van der Waals surface area (Å²) in [6.45, 7) is 8.53. The fourth-order valence-electron chi connectivity index (χ4n) is 2.27. The molecule has 0 aliphatic heterocycles. The van der Waals surface area contributed by atoms with E-state index in [0.717, 1.165) is 12.8 Å². The molecule has 21 heavy (non-hydrogen) atoms. The van der Waals surface area contributed by atoms with E-state index in [4.69, 9.17) is 0 Å². The first-order valence-electron chi connectivity index (χ1n) is 7.41. The van der Waals surface area contributed by atoms with Crippen molar-refractivity contribution in [3.63, 3.8) is 0 Å². The van der Waals surface area contributed by atoms with E-state index < -0.39 is 0 Å². The molecule has 0 saturated carbocycles. The number of hydrogen-bond acceptors (Lipinski definition) is 3. The summed E-state index contributed by atoms with van der Waals surface area (Å²) in [7, 11) is 0. The number of aromatic nitrogens is 1. The van der Waals surface area contributed by atoms with Crippen LogP contribution in [0.1, 0.15) is 49.7 Å². The summed E-state index contributed by atoms with van der Waals surface area (Å²) in [5.41, 5.74) is 0.432. The van der Waals surface area contributed by atoms with Gasteiger partial charge in [-0.1, -0.05) is 13.8 Å². The third-order valence-electron chi connectivity index (χ3n) is 3.40. The summed E-state index contributed by atoms with van der Waals surface area (Å²) in [5.74, 6) is -0.357. The standard InChI is InChI=1S/C16H24N2O3/c1-5-9-17(10-6-2)15(20)11-18-12(3)7-8-14(13(4)19)16(18)21/h7-8H,5-6,9-11H2,1-4H3. The average Bonchev–Trinajstić information content (AvgIpc) is 2.42. The number of aryl methyl sites for hydroxylation is 1. The fraction of sp³-hybridized carbons (Fsp3) is 0.562. The predicted octanol–water partition coefficient (Wildman–Crippen LogP) is 2.01. The van der Waals surface area contributed by atoms with Crippen molar-refractivity contribution in [3.05, 3.63) is 33.7 Å². The van der Waals surface area contributed by atoms with Gasteiger partial charge in [0.05, 0.1) is 5.56 Å². The molecule has 1 heterocycles. The third kappa shape index (κ3) is 4.28. The SMILES string of the molecule is CCCN(CCC)C(=O)Cn1c(C)ccc(C(C)=O)c1=O. The highest BCUT2D eigenvalue weighted by Crippen LogP contribution is 2.03. The van der Waals surface area contributed by atoms with E-state index in [9.17, 15) is 14.4 Å². The van der Waals surface area contributed by atoms with Gasteiger partial charge in [-0.3, -0.25) is 14.4 Å². The Balaban J connectivity index is 3.06. The number of rotatable bonds is 7. The first-order chi connectivity index (χ1) is 9.92. The Labute approximate surface area is 125 Å². The maximum atomic E-state index is 12.4. The maximum absolute atomic E-state index is 12.4. The summed E-state index contributed by atoms with van der Waals surface area (Å²) in [6, 6.07) is 3.23. The second kappa shape index (κ2) is 7.76. The molecular formula is C16H24N2O3. The van der Waals surface area contributed by atoms with E-state index in [1.807, 2.05) is 13.8 Å². The first kappa shape index (κ1) is 17.1. The van der Waals surface area contributed by atoms with Gasteiger partial charge in [-0.15, -0.1) is 0 Å². The molecule has 0 atom stereocenters. The Morgan fingerprint density at radius 3 is 2.19 bits per heavy atom. The molecule has 116 valence electrons. The second-order valence-electron chi connectivity index (χ2n) is 5.22. The molecule has 0 aliphatic rings. The third-order valence-corrected chi connectivity index (χ3v) is 3.40. The monoisotopic (exact) mass is 292 g/mol. The van der Waals surface area contributed by atoms with Crippen molar-refractivity contribution in [3.8, 4) is 0 Å². The highest BCUT2D eigenvalue weighted by Gasteiger charge is 2.16. The lowest BCUT2D eigenvalue weighted by Gasteiger charge is -2.22. The van der Waals surface area contributed by atoms with Crippen LogP contribution >= 0.6 is 0 Å². The smallest absolute Gasteiger partial charge is 0.262 e. The zero-order valence-corrected chi connectivity index (χ0v) is 13.3. The largest absolute Gasteiger partial charge is 0.341 e. The number of hydrogen-bond donors (Lipinski definition) is 0. The normalized spacial score (nSPS) is 10.5. The molecule has 0 N–H and O–H groups in total. The average molecular weight is 292 g/mol. The Kier molecular flexibility index (Phi) is 6.34. The Morgan fingerprint density at radius 2 is 1.71 bits per heavy atom. The van der Waals surface area contributed by atoms with E-state index in [1.165, 1.54) is 17.6 Å². The molecule has 1 aromatic rings. The molecule has 5 heteroatoms. The summed E-state index contributed by atoms with van der Waals surface area (Å²) < 4.78 is 1.39. The van der Waals surface area contributed by atoms with Crippen LogP contribution in [0.2, 0.25) is 0 Å². The van der Waals surface area contributed by atoms with Crippen molar-refractivity contribution < 1.29 is 9.59 Å². The Bertz CT molecular complexity index is 569. The predicted molar refractivity (Wildman–Crippen MR) is 82.6 cm³/mol. The minimum atomic E-state index is -0.385. The van der Waals surface area contributed by atoms with Gasteiger partial charge in [-0.2, -0.15) is 0 Å². The minimum Gasteiger partial charge on any atom is -0.341 e. The van der Waals surface area contributed by atoms with Crippen LogP contribution in [0.5, 0.6) is 0 Å². The van der Waals surface area contributed by atoms with Crippen LogP contribution in [0.25, 0.3) is 0 Å². The van der Waals surface area contributed by atoms with E-state index >= 15 is 0 Å². The van der Waals surface area contributed by atoms with Crippen LogP contribution in [0.4, 0.5) is 0 Å². The van der Waals surface area contributed by atoms with Gasteiger partial charge < -0.3 is 9.47 Å². The van der Waals surface area contributed by atoms with Gasteiger partial charge in [0.2, 0.25) is 5.91 Å². The maximum Gasteiger partial charge on any atom is 0.262 e. The van der Waals surface area contributed by atoms with Crippen molar-refractivity contribution in [2.45, 2.75) is 47.1 Å². The number of carbonyl (C=O) groups excluding carboxylic acids is 2. The minimum absolute atomic E-state index is 0.00815. The van der Waals surface area contributed by atoms with Gasteiger partial charge in [0, 0.05) is 18.8 Å². The van der Waals surface area contributed by atoms with E-state index in [1.54, 1.807) is 17.9 Å². The quantitative estimate of drug-likeness (QED) is 0.722. The molecule has 1 aromatic heterocycles. The highest BCUT2D eigenvalue weighted by molar-refractivity contribution is 5.93. The van der Waals surface area contributed by atoms with Crippen molar-refractivity contribution in [2.75, 3.05) is 13.1 Å². The zero-order valence-electron chi connectivity index (χ0n) is 13.3. The van der Waals surface area contributed by atoms with Crippen molar-refractivity contribution >= 4 is 11.7 Å². The number of nitrogens with zero attached hydrogens (tertiary/aromatic N) is 2. The van der Waals surface area contributed by atoms with Crippen LogP contribution in [0, 0.1) is 6.92 Å². The molecule has 5 nitrogen and oxygen atoms in total. The van der Waals surface area contributed by atoms with Gasteiger partial charge in [0.15, 0.2) is 5.78 Å². The van der Waals surface area contributed by atoms with Gasteiger partial charge in [0.1, 0.15) is 6.54 Å². The Morgan fingerprint density at radius 1 is 1.14 bits per heavy atom. The highest BCUT2D eigenvalue weighted by atomic mass is 16.2. The molecule has 1 rings (SSSR count). The fourth-order valence-corrected chi connectivity index (χ4v) is 2.27. The summed E-state index contributed by atoms with van der Waals surface area (Å²) in [5, 5.41) is 0. The van der Waals surface area contributed by atoms with Gasteiger partial charge >= 0.3 is 0 Å². The summed E-state index contributed by atoms with van der Waals surface area (Å²) in [4.78, 5) is 37.9. The zero-order chi connectivity index (χ0) is 16.0. The van der Waals surface area contributed by atoms with Crippen molar-refractivity contribution in [1.29, 1.82) is 0 Å². The van der Waals surface area contributed by atoms with Crippen molar-refractivity contribution in [2.24, 2.45) is 0 Å². The molecule has 0 fully saturated rings. The van der Waals surface area contributed by atoms with Crippen LogP contribution in [0.15, 0.2) is 16.9 Å². The van der Waals surface area contributed by atoms with Crippen LogP contribution in [0.3, 0.4) is 0 Å².